The van der Waals surface area contributed by atoms with E-state index in [4.69, 9.17) is 10.5 Å². The zero-order valence-corrected chi connectivity index (χ0v) is 10.3. The monoisotopic (exact) mass is 216 g/mol. The molecular formula is C11H24N2O2. The highest BCUT2D eigenvalue weighted by molar-refractivity contribution is 5.78. The average molecular weight is 216 g/mol. The minimum Gasteiger partial charge on any atom is -0.383 e. The SMILES string of the molecule is COCCN(CCN)C(=O)C(C)C(C)C. The molecule has 0 aliphatic carbocycles. The number of carbonyl (C=O) groups excluding carboxylic acids is 1. The molecular weight excluding hydrogens is 192 g/mol. The predicted octanol–water partition coefficient (Wildman–Crippen LogP) is 0.712. The van der Waals surface area contributed by atoms with E-state index >= 15 is 0 Å². The largest absolute Gasteiger partial charge is 0.383 e. The minimum absolute atomic E-state index is 0.0495. The highest BCUT2D eigenvalue weighted by atomic mass is 16.5. The Labute approximate surface area is 92.8 Å². The Bertz CT molecular complexity index is 183. The molecule has 0 fully saturated rings. The standard InChI is InChI=1S/C11H24N2O2/c1-9(2)10(3)11(14)13(6-5-12)7-8-15-4/h9-10H,5-8,12H2,1-4H3. The van der Waals surface area contributed by atoms with Crippen molar-refractivity contribution in [3.63, 3.8) is 0 Å². The van der Waals surface area contributed by atoms with Crippen molar-refractivity contribution in [2.45, 2.75) is 20.8 Å². The van der Waals surface area contributed by atoms with Crippen molar-refractivity contribution >= 4 is 5.91 Å². The minimum atomic E-state index is 0.0495. The van der Waals surface area contributed by atoms with E-state index in [1.807, 2.05) is 6.92 Å². The summed E-state index contributed by atoms with van der Waals surface area (Å²) < 4.78 is 4.97. The van der Waals surface area contributed by atoms with Gasteiger partial charge in [-0.15, -0.1) is 0 Å². The van der Waals surface area contributed by atoms with Crippen molar-refractivity contribution in [3.8, 4) is 0 Å². The second-order valence-corrected chi connectivity index (χ2v) is 4.14. The van der Waals surface area contributed by atoms with E-state index in [-0.39, 0.29) is 11.8 Å². The van der Waals surface area contributed by atoms with Gasteiger partial charge in [0.25, 0.3) is 0 Å². The number of ether oxygens (including phenoxy) is 1. The fourth-order valence-corrected chi connectivity index (χ4v) is 1.26. The molecule has 2 N–H and O–H groups in total. The smallest absolute Gasteiger partial charge is 0.225 e. The molecule has 0 spiro atoms. The first kappa shape index (κ1) is 14.4. The van der Waals surface area contributed by atoms with Crippen LogP contribution in [0.4, 0.5) is 0 Å². The van der Waals surface area contributed by atoms with Crippen LogP contribution in [-0.4, -0.2) is 44.2 Å². The van der Waals surface area contributed by atoms with E-state index in [1.165, 1.54) is 0 Å². The summed E-state index contributed by atoms with van der Waals surface area (Å²) in [6.45, 7) is 8.38. The van der Waals surface area contributed by atoms with Crippen LogP contribution in [0.3, 0.4) is 0 Å². The molecule has 0 aliphatic rings. The summed E-state index contributed by atoms with van der Waals surface area (Å²) in [6, 6.07) is 0. The highest BCUT2D eigenvalue weighted by Crippen LogP contribution is 2.12. The fourth-order valence-electron chi connectivity index (χ4n) is 1.26. The maximum atomic E-state index is 12.0. The zero-order valence-electron chi connectivity index (χ0n) is 10.3. The molecule has 0 heterocycles. The summed E-state index contributed by atoms with van der Waals surface area (Å²) >= 11 is 0. The van der Waals surface area contributed by atoms with Crippen molar-refractivity contribution in [1.82, 2.24) is 4.90 Å². The summed E-state index contributed by atoms with van der Waals surface area (Å²) in [5.41, 5.74) is 5.48. The number of amides is 1. The van der Waals surface area contributed by atoms with Crippen LogP contribution in [-0.2, 0) is 9.53 Å². The van der Waals surface area contributed by atoms with E-state index in [0.717, 1.165) is 0 Å². The molecule has 1 unspecified atom stereocenters. The van der Waals surface area contributed by atoms with Gasteiger partial charge in [-0.3, -0.25) is 4.79 Å². The molecule has 0 rings (SSSR count). The molecule has 0 saturated heterocycles. The fraction of sp³-hybridized carbons (Fsp3) is 0.909. The van der Waals surface area contributed by atoms with E-state index in [0.29, 0.717) is 32.2 Å². The lowest BCUT2D eigenvalue weighted by atomic mass is 9.96. The Balaban J connectivity index is 4.26. The molecule has 1 amide bonds. The van der Waals surface area contributed by atoms with Crippen molar-refractivity contribution in [2.24, 2.45) is 17.6 Å². The van der Waals surface area contributed by atoms with E-state index in [2.05, 4.69) is 13.8 Å². The van der Waals surface area contributed by atoms with Crippen LogP contribution >= 0.6 is 0 Å². The Hall–Kier alpha value is -0.610. The third kappa shape index (κ3) is 5.14. The van der Waals surface area contributed by atoms with Gasteiger partial charge in [0.05, 0.1) is 6.61 Å². The maximum absolute atomic E-state index is 12.0. The number of hydrogen-bond donors (Lipinski definition) is 1. The number of rotatable bonds is 7. The van der Waals surface area contributed by atoms with Gasteiger partial charge in [-0.25, -0.2) is 0 Å². The lowest BCUT2D eigenvalue weighted by Gasteiger charge is -2.26. The van der Waals surface area contributed by atoms with Crippen LogP contribution < -0.4 is 5.73 Å². The van der Waals surface area contributed by atoms with Crippen molar-refractivity contribution < 1.29 is 9.53 Å². The van der Waals surface area contributed by atoms with Gasteiger partial charge in [-0.1, -0.05) is 20.8 Å². The van der Waals surface area contributed by atoms with Gasteiger partial charge >= 0.3 is 0 Å². The van der Waals surface area contributed by atoms with Gasteiger partial charge < -0.3 is 15.4 Å². The van der Waals surface area contributed by atoms with E-state index < -0.39 is 0 Å². The topological polar surface area (TPSA) is 55.6 Å². The molecule has 0 aromatic rings. The Morgan fingerprint density at radius 3 is 2.33 bits per heavy atom. The van der Waals surface area contributed by atoms with Gasteiger partial charge in [-0.05, 0) is 5.92 Å². The second-order valence-electron chi connectivity index (χ2n) is 4.14. The van der Waals surface area contributed by atoms with Crippen molar-refractivity contribution in [2.75, 3.05) is 33.4 Å². The summed E-state index contributed by atoms with van der Waals surface area (Å²) in [4.78, 5) is 13.8. The average Bonchev–Trinajstić information content (AvgIpc) is 2.22. The number of hydrogen-bond acceptors (Lipinski definition) is 3. The van der Waals surface area contributed by atoms with Crippen molar-refractivity contribution in [3.05, 3.63) is 0 Å². The van der Waals surface area contributed by atoms with E-state index in [1.54, 1.807) is 12.0 Å². The molecule has 0 radical (unpaired) electrons. The molecule has 0 aromatic heterocycles. The van der Waals surface area contributed by atoms with Crippen LogP contribution in [0.15, 0.2) is 0 Å². The van der Waals surface area contributed by atoms with Gasteiger partial charge in [0.15, 0.2) is 0 Å². The van der Waals surface area contributed by atoms with Crippen molar-refractivity contribution in [1.29, 1.82) is 0 Å². The van der Waals surface area contributed by atoms with Gasteiger partial charge in [0.2, 0.25) is 5.91 Å². The maximum Gasteiger partial charge on any atom is 0.225 e. The van der Waals surface area contributed by atoms with Gasteiger partial charge in [-0.2, -0.15) is 0 Å². The molecule has 90 valence electrons. The first-order valence-corrected chi connectivity index (χ1v) is 5.52. The number of nitrogens with two attached hydrogens (primary N) is 1. The van der Waals surface area contributed by atoms with E-state index in [9.17, 15) is 4.79 Å². The first-order valence-electron chi connectivity index (χ1n) is 5.52. The third-order valence-electron chi connectivity index (χ3n) is 2.67. The zero-order chi connectivity index (χ0) is 11.8. The summed E-state index contributed by atoms with van der Waals surface area (Å²) in [7, 11) is 1.64. The normalized spacial score (nSPS) is 12.9. The quantitative estimate of drug-likeness (QED) is 0.682. The summed E-state index contributed by atoms with van der Waals surface area (Å²) in [5, 5.41) is 0. The van der Waals surface area contributed by atoms with Crippen LogP contribution in [0.1, 0.15) is 20.8 Å². The Kier molecular flexibility index (Phi) is 7.34. The molecule has 0 aliphatic heterocycles. The van der Waals surface area contributed by atoms with Crippen LogP contribution in [0.2, 0.25) is 0 Å². The third-order valence-corrected chi connectivity index (χ3v) is 2.67. The summed E-state index contributed by atoms with van der Waals surface area (Å²) in [5.74, 6) is 0.584. The van der Waals surface area contributed by atoms with Crippen LogP contribution in [0.25, 0.3) is 0 Å². The number of carbonyl (C=O) groups is 1. The second kappa shape index (κ2) is 7.65. The molecule has 15 heavy (non-hydrogen) atoms. The Morgan fingerprint density at radius 2 is 1.93 bits per heavy atom. The lowest BCUT2D eigenvalue weighted by Crippen LogP contribution is -2.41. The Morgan fingerprint density at radius 1 is 1.33 bits per heavy atom. The molecule has 1 atom stereocenters. The van der Waals surface area contributed by atoms with Gasteiger partial charge in [0, 0.05) is 32.7 Å². The highest BCUT2D eigenvalue weighted by Gasteiger charge is 2.21. The molecule has 4 heteroatoms. The molecule has 4 nitrogen and oxygen atoms in total. The molecule has 0 aromatic carbocycles. The van der Waals surface area contributed by atoms with Gasteiger partial charge in [0.1, 0.15) is 0 Å². The number of methoxy groups -OCH3 is 1. The molecule has 0 saturated carbocycles. The van der Waals surface area contributed by atoms with Crippen LogP contribution in [0, 0.1) is 11.8 Å². The van der Waals surface area contributed by atoms with Crippen LogP contribution in [0.5, 0.6) is 0 Å². The molecule has 0 bridgehead atoms. The summed E-state index contributed by atoms with van der Waals surface area (Å²) in [6.07, 6.45) is 0. The number of nitrogens with zero attached hydrogens (tertiary/aromatic N) is 1. The predicted molar refractivity (Wildman–Crippen MR) is 61.5 cm³/mol. The lowest BCUT2D eigenvalue weighted by molar-refractivity contribution is -0.136. The first-order chi connectivity index (χ1) is 7.04.